The fourth-order valence-corrected chi connectivity index (χ4v) is 7.96. The maximum Gasteiger partial charge on any atom is 0.137 e. The van der Waals surface area contributed by atoms with E-state index in [0.717, 1.165) is 88.5 Å². The highest BCUT2D eigenvalue weighted by Gasteiger charge is 2.26. The predicted octanol–water partition coefficient (Wildman–Crippen LogP) is 8.61. The first-order chi connectivity index (χ1) is 25.5. The Labute approximate surface area is 301 Å². The van der Waals surface area contributed by atoms with Gasteiger partial charge in [0.15, 0.2) is 0 Å². The normalized spacial score (nSPS) is 11.8. The maximum absolute atomic E-state index is 4.97. The van der Waals surface area contributed by atoms with Gasteiger partial charge in [0.2, 0.25) is 0 Å². The van der Waals surface area contributed by atoms with Crippen molar-refractivity contribution in [1.29, 1.82) is 0 Å². The number of para-hydroxylation sites is 1. The Morgan fingerprint density at radius 2 is 0.942 bits per heavy atom. The fraction of sp³-hybridized carbons (Fsp3) is 0.0750. The molecule has 0 atom stereocenters. The Balaban J connectivity index is 1.17. The minimum Gasteiger partial charge on any atom is -0.304 e. The van der Waals surface area contributed by atoms with Crippen LogP contribution in [0, 0.1) is 0 Å². The summed E-state index contributed by atoms with van der Waals surface area (Å²) in [6, 6.07) is 41.5. The van der Waals surface area contributed by atoms with E-state index in [2.05, 4.69) is 88.9 Å². The van der Waals surface area contributed by atoms with Gasteiger partial charge < -0.3 is 4.90 Å². The topological polar surface area (TPSA) is 108 Å². The van der Waals surface area contributed by atoms with E-state index in [1.165, 1.54) is 4.70 Å². The van der Waals surface area contributed by atoms with Gasteiger partial charge in [0.05, 0.1) is 27.3 Å². The number of hydrogen-bond acceptors (Lipinski definition) is 9. The van der Waals surface area contributed by atoms with Gasteiger partial charge in [-0.05, 0) is 59.7 Å². The molecule has 0 spiro atoms. The van der Waals surface area contributed by atoms with Crippen LogP contribution >= 0.6 is 11.3 Å². The molecule has 12 heteroatoms. The van der Waals surface area contributed by atoms with Crippen molar-refractivity contribution in [3.05, 3.63) is 121 Å². The second kappa shape index (κ2) is 11.6. The summed E-state index contributed by atoms with van der Waals surface area (Å²) in [5.74, 6) is 0. The number of aromatic nitrogens is 10. The molecule has 4 aromatic heterocycles. The number of nitrogens with zero attached hydrogens (tertiary/aromatic N) is 11. The molecule has 0 aliphatic heterocycles. The molecule has 0 saturated carbocycles. The quantitative estimate of drug-likeness (QED) is 0.170. The molecule has 4 heterocycles. The van der Waals surface area contributed by atoms with Crippen molar-refractivity contribution in [1.82, 2.24) is 50.0 Å². The number of rotatable bonds is 6. The summed E-state index contributed by atoms with van der Waals surface area (Å²) in [6.07, 6.45) is 0. The smallest absolute Gasteiger partial charge is 0.137 e. The van der Waals surface area contributed by atoms with Crippen LogP contribution in [0.5, 0.6) is 0 Å². The predicted molar refractivity (Wildman–Crippen MR) is 207 cm³/mol. The summed E-state index contributed by atoms with van der Waals surface area (Å²) in [7, 11) is 5.54. The highest BCUT2D eigenvalue weighted by atomic mass is 32.1. The van der Waals surface area contributed by atoms with Crippen LogP contribution in [0.2, 0.25) is 0 Å². The Morgan fingerprint density at radius 1 is 0.423 bits per heavy atom. The lowest BCUT2D eigenvalue weighted by Gasteiger charge is -2.26. The number of thiazole rings is 1. The first-order valence-corrected chi connectivity index (χ1v) is 17.6. The molecule has 10 rings (SSSR count). The van der Waals surface area contributed by atoms with Crippen LogP contribution in [0.4, 0.5) is 17.1 Å². The van der Waals surface area contributed by atoms with Crippen LogP contribution in [-0.2, 0) is 21.1 Å². The molecule has 11 nitrogen and oxygen atoms in total. The summed E-state index contributed by atoms with van der Waals surface area (Å²) >= 11 is 1.70. The summed E-state index contributed by atoms with van der Waals surface area (Å²) < 4.78 is 1.17. The largest absolute Gasteiger partial charge is 0.304 e. The van der Waals surface area contributed by atoms with Crippen molar-refractivity contribution in [2.45, 2.75) is 0 Å². The van der Waals surface area contributed by atoms with Crippen molar-refractivity contribution in [2.75, 3.05) is 4.90 Å². The van der Waals surface area contributed by atoms with Gasteiger partial charge in [-0.1, -0.05) is 72.8 Å². The van der Waals surface area contributed by atoms with Crippen molar-refractivity contribution in [3.63, 3.8) is 0 Å². The third kappa shape index (κ3) is 4.83. The lowest BCUT2D eigenvalue weighted by molar-refractivity contribution is 0.665. The Morgan fingerprint density at radius 3 is 1.62 bits per heavy atom. The van der Waals surface area contributed by atoms with Crippen LogP contribution in [0.25, 0.3) is 76.1 Å². The van der Waals surface area contributed by atoms with Crippen molar-refractivity contribution >= 4 is 71.7 Å². The molecule has 0 unspecified atom stereocenters. The molecule has 6 aromatic carbocycles. The highest BCUT2D eigenvalue weighted by molar-refractivity contribution is 7.21. The number of aryl methyl sites for hydroxylation is 3. The minimum absolute atomic E-state index is 0.736. The van der Waals surface area contributed by atoms with Gasteiger partial charge in [-0.3, -0.25) is 0 Å². The van der Waals surface area contributed by atoms with Gasteiger partial charge in [0, 0.05) is 37.8 Å². The van der Waals surface area contributed by atoms with Crippen LogP contribution in [-0.4, -0.2) is 50.0 Å². The van der Waals surface area contributed by atoms with Gasteiger partial charge in [-0.2, -0.15) is 45.0 Å². The second-order valence-corrected chi connectivity index (χ2v) is 13.7. The van der Waals surface area contributed by atoms with E-state index in [9.17, 15) is 0 Å². The fourth-order valence-electron chi connectivity index (χ4n) is 6.99. The lowest BCUT2D eigenvalue weighted by Crippen LogP contribution is -2.12. The minimum atomic E-state index is 0.736. The van der Waals surface area contributed by atoms with Gasteiger partial charge in [-0.15, -0.1) is 11.3 Å². The van der Waals surface area contributed by atoms with Gasteiger partial charge in [0.25, 0.3) is 0 Å². The average molecular weight is 696 g/mol. The number of fused-ring (bicyclic) bond motifs is 4. The molecule has 10 aromatic rings. The molecule has 52 heavy (non-hydrogen) atoms. The molecule has 0 bridgehead atoms. The molecular formula is C40H29N11S. The van der Waals surface area contributed by atoms with Gasteiger partial charge in [0.1, 0.15) is 38.1 Å². The molecule has 0 aliphatic rings. The number of anilines is 3. The maximum atomic E-state index is 4.97. The molecular weight excluding hydrogens is 667 g/mol. The van der Waals surface area contributed by atoms with Gasteiger partial charge in [-0.25, -0.2) is 4.98 Å². The molecule has 0 amide bonds. The summed E-state index contributed by atoms with van der Waals surface area (Å²) in [5.41, 5.74) is 13.3. The molecule has 0 radical (unpaired) electrons. The molecule has 250 valence electrons. The van der Waals surface area contributed by atoms with Crippen LogP contribution < -0.4 is 4.90 Å². The Kier molecular flexibility index (Phi) is 6.73. The summed E-state index contributed by atoms with van der Waals surface area (Å²) in [5, 5.41) is 30.1. The van der Waals surface area contributed by atoms with Crippen LogP contribution in [0.1, 0.15) is 0 Å². The first-order valence-electron chi connectivity index (χ1n) is 16.8. The zero-order chi connectivity index (χ0) is 34.9. The lowest BCUT2D eigenvalue weighted by atomic mass is 10.00. The van der Waals surface area contributed by atoms with Crippen molar-refractivity contribution in [3.8, 4) is 32.8 Å². The highest BCUT2D eigenvalue weighted by Crippen LogP contribution is 2.45. The molecule has 0 aliphatic carbocycles. The Hall–Kier alpha value is -6.79. The zero-order valence-electron chi connectivity index (χ0n) is 28.4. The van der Waals surface area contributed by atoms with Crippen molar-refractivity contribution < 1.29 is 0 Å². The SMILES string of the molecule is Cn1nc2cccc(N(c3ccc(-c4ccccc4)c4nn(C)nc34)c3ccc(-c4ccc(-c5nc6ccccc6s5)cc4)c4nn(C)nc34)c2n1. The second-order valence-electron chi connectivity index (χ2n) is 12.6. The molecule has 0 saturated heterocycles. The van der Waals surface area contributed by atoms with Gasteiger partial charge >= 0.3 is 0 Å². The van der Waals surface area contributed by atoms with E-state index in [-0.39, 0.29) is 0 Å². The third-order valence-electron chi connectivity index (χ3n) is 9.27. The number of hydrogen-bond donors (Lipinski definition) is 0. The zero-order valence-corrected chi connectivity index (χ0v) is 29.2. The third-order valence-corrected chi connectivity index (χ3v) is 10.4. The van der Waals surface area contributed by atoms with E-state index in [0.29, 0.717) is 0 Å². The standard InChI is InChI=1S/C40H29N11S/c1-48-42-30-13-9-14-31(37(30)45-48)51(32-22-20-27(24-10-5-4-6-11-24)35-38(32)46-49(2)43-35)33-23-21-28(36-39(33)47-50(3)44-36)25-16-18-26(19-17-25)40-41-29-12-7-8-15-34(29)52-40/h4-23H,1-3H3. The van der Waals surface area contributed by atoms with Crippen LogP contribution in [0.3, 0.4) is 0 Å². The van der Waals surface area contributed by atoms with Crippen LogP contribution in [0.15, 0.2) is 121 Å². The summed E-state index contributed by atoms with van der Waals surface area (Å²) in [6.45, 7) is 0. The first kappa shape index (κ1) is 30.1. The van der Waals surface area contributed by atoms with Crippen molar-refractivity contribution in [2.24, 2.45) is 21.1 Å². The van der Waals surface area contributed by atoms with E-state index >= 15 is 0 Å². The summed E-state index contributed by atoms with van der Waals surface area (Å²) in [4.78, 5) is 11.9. The van der Waals surface area contributed by atoms with E-state index in [4.69, 9.17) is 30.5 Å². The van der Waals surface area contributed by atoms with E-state index in [1.54, 1.807) is 25.7 Å². The average Bonchev–Trinajstić information content (AvgIpc) is 3.96. The Bertz CT molecular complexity index is 2920. The monoisotopic (exact) mass is 695 g/mol. The number of benzene rings is 6. The van der Waals surface area contributed by atoms with E-state index in [1.807, 2.05) is 63.6 Å². The molecule has 0 fully saturated rings. The molecule has 0 N–H and O–H groups in total. The van der Waals surface area contributed by atoms with E-state index < -0.39 is 0 Å².